The van der Waals surface area contributed by atoms with Crippen molar-refractivity contribution in [2.45, 2.75) is 51.6 Å². The van der Waals surface area contributed by atoms with Crippen molar-refractivity contribution in [3.63, 3.8) is 0 Å². The number of aliphatic carboxylic acids is 1. The zero-order valence-corrected chi connectivity index (χ0v) is 12.4. The maximum absolute atomic E-state index is 11.7. The van der Waals surface area contributed by atoms with E-state index < -0.39 is 5.97 Å². The summed E-state index contributed by atoms with van der Waals surface area (Å²) in [6.45, 7) is 2.73. The fourth-order valence-corrected chi connectivity index (χ4v) is 2.69. The van der Waals surface area contributed by atoms with Crippen molar-refractivity contribution in [2.75, 3.05) is 20.2 Å². The van der Waals surface area contributed by atoms with Crippen molar-refractivity contribution in [1.82, 2.24) is 10.6 Å². The molecule has 1 aliphatic carbocycles. The zero-order chi connectivity index (χ0) is 15.0. The summed E-state index contributed by atoms with van der Waals surface area (Å²) < 4.78 is 5.05. The highest BCUT2D eigenvalue weighted by molar-refractivity contribution is 5.74. The normalized spacial score (nSPS) is 19.1. The summed E-state index contributed by atoms with van der Waals surface area (Å²) in [7, 11) is 1.59. The number of carboxylic acids is 1. The highest BCUT2D eigenvalue weighted by Crippen LogP contribution is 2.38. The number of hydrogen-bond donors (Lipinski definition) is 3. The first-order chi connectivity index (χ1) is 9.47. The minimum Gasteiger partial charge on any atom is -0.481 e. The lowest BCUT2D eigenvalue weighted by atomic mass is 9.72. The summed E-state index contributed by atoms with van der Waals surface area (Å²) in [4.78, 5) is 22.7. The topological polar surface area (TPSA) is 87.7 Å². The molecule has 1 unspecified atom stereocenters. The molecule has 116 valence electrons. The number of hydrogen-bond acceptors (Lipinski definition) is 3. The number of carbonyl (C=O) groups is 2. The van der Waals surface area contributed by atoms with Gasteiger partial charge in [0, 0.05) is 20.2 Å². The average Bonchev–Trinajstić information content (AvgIpc) is 2.43. The molecule has 1 aliphatic rings. The van der Waals surface area contributed by atoms with Crippen LogP contribution in [0.4, 0.5) is 4.79 Å². The van der Waals surface area contributed by atoms with Gasteiger partial charge in [-0.1, -0.05) is 19.3 Å². The molecule has 0 aromatic carbocycles. The fourth-order valence-electron chi connectivity index (χ4n) is 2.69. The van der Waals surface area contributed by atoms with Gasteiger partial charge in [-0.25, -0.2) is 4.79 Å². The van der Waals surface area contributed by atoms with Crippen LogP contribution in [0.5, 0.6) is 0 Å². The Bertz CT molecular complexity index is 327. The Balaban J connectivity index is 2.41. The minimum atomic E-state index is -0.790. The van der Waals surface area contributed by atoms with Crippen molar-refractivity contribution in [3.05, 3.63) is 0 Å². The maximum atomic E-state index is 11.7. The van der Waals surface area contributed by atoms with Gasteiger partial charge in [-0.15, -0.1) is 0 Å². The van der Waals surface area contributed by atoms with Gasteiger partial charge in [0.1, 0.15) is 0 Å². The van der Waals surface area contributed by atoms with Crippen LogP contribution in [0.25, 0.3) is 0 Å². The molecule has 0 saturated heterocycles. The third-order valence-corrected chi connectivity index (χ3v) is 4.02. The molecule has 0 aromatic heterocycles. The predicted octanol–water partition coefficient (Wildman–Crippen LogP) is 1.75. The Morgan fingerprint density at radius 2 is 1.90 bits per heavy atom. The van der Waals surface area contributed by atoms with E-state index in [1.807, 2.05) is 6.92 Å². The molecule has 1 fully saturated rings. The van der Waals surface area contributed by atoms with Gasteiger partial charge < -0.3 is 20.5 Å². The van der Waals surface area contributed by atoms with E-state index in [4.69, 9.17) is 9.84 Å². The second-order valence-electron chi connectivity index (χ2n) is 5.74. The molecule has 6 heteroatoms. The first-order valence-corrected chi connectivity index (χ1v) is 7.24. The molecule has 1 atom stereocenters. The van der Waals surface area contributed by atoms with Gasteiger partial charge in [0.2, 0.25) is 0 Å². The van der Waals surface area contributed by atoms with Gasteiger partial charge in [0.25, 0.3) is 0 Å². The molecule has 1 rings (SSSR count). The summed E-state index contributed by atoms with van der Waals surface area (Å²) in [6, 6.07) is -0.260. The van der Waals surface area contributed by atoms with Crippen LogP contribution in [0.2, 0.25) is 0 Å². The molecule has 20 heavy (non-hydrogen) atoms. The van der Waals surface area contributed by atoms with E-state index in [0.29, 0.717) is 13.1 Å². The molecular weight excluding hydrogens is 260 g/mol. The molecule has 0 heterocycles. The second-order valence-corrected chi connectivity index (χ2v) is 5.74. The molecule has 0 aliphatic heterocycles. The van der Waals surface area contributed by atoms with E-state index in [0.717, 1.165) is 32.1 Å². The summed E-state index contributed by atoms with van der Waals surface area (Å²) >= 11 is 0. The van der Waals surface area contributed by atoms with Crippen LogP contribution in [0.15, 0.2) is 0 Å². The van der Waals surface area contributed by atoms with Crippen molar-refractivity contribution < 1.29 is 19.4 Å². The highest BCUT2D eigenvalue weighted by atomic mass is 16.5. The largest absolute Gasteiger partial charge is 0.481 e. The van der Waals surface area contributed by atoms with Crippen molar-refractivity contribution in [2.24, 2.45) is 5.41 Å². The first kappa shape index (κ1) is 16.8. The monoisotopic (exact) mass is 286 g/mol. The third kappa shape index (κ3) is 5.77. The highest BCUT2D eigenvalue weighted by Gasteiger charge is 2.34. The number of rotatable bonds is 7. The Hall–Kier alpha value is -1.30. The number of methoxy groups -OCH3 is 1. The first-order valence-electron chi connectivity index (χ1n) is 7.24. The number of urea groups is 1. The van der Waals surface area contributed by atoms with E-state index in [1.54, 1.807) is 7.11 Å². The number of ether oxygens (including phenoxy) is 1. The lowest BCUT2D eigenvalue weighted by molar-refractivity contribution is -0.140. The molecule has 0 radical (unpaired) electrons. The van der Waals surface area contributed by atoms with Crippen LogP contribution in [-0.4, -0.2) is 43.4 Å². The quantitative estimate of drug-likeness (QED) is 0.665. The van der Waals surface area contributed by atoms with Crippen molar-refractivity contribution >= 4 is 12.0 Å². The Kier molecular flexibility index (Phi) is 6.78. The molecule has 2 amide bonds. The van der Waals surface area contributed by atoms with Gasteiger partial charge in [0.05, 0.1) is 12.5 Å². The van der Waals surface area contributed by atoms with Gasteiger partial charge in [-0.3, -0.25) is 4.79 Å². The van der Waals surface area contributed by atoms with E-state index in [-0.39, 0.29) is 24.0 Å². The SMILES string of the molecule is COC(C)CNC(=O)NCC1(CC(=O)O)CCCCC1. The molecule has 0 spiro atoms. The standard InChI is InChI=1S/C14H26N2O4/c1-11(20-2)9-15-13(19)16-10-14(8-12(17)18)6-4-3-5-7-14/h11H,3-10H2,1-2H3,(H,17,18)(H2,15,16,19). The van der Waals surface area contributed by atoms with E-state index in [9.17, 15) is 9.59 Å². The minimum absolute atomic E-state index is 0.0385. The van der Waals surface area contributed by atoms with Crippen molar-refractivity contribution in [3.8, 4) is 0 Å². The predicted molar refractivity (Wildman–Crippen MR) is 75.6 cm³/mol. The summed E-state index contributed by atoms with van der Waals surface area (Å²) in [6.07, 6.45) is 5.06. The maximum Gasteiger partial charge on any atom is 0.314 e. The van der Waals surface area contributed by atoms with E-state index in [2.05, 4.69) is 10.6 Å². The van der Waals surface area contributed by atoms with Gasteiger partial charge in [-0.2, -0.15) is 0 Å². The Morgan fingerprint density at radius 3 is 2.45 bits per heavy atom. The summed E-state index contributed by atoms with van der Waals surface area (Å²) in [5, 5.41) is 14.6. The number of amides is 2. The lowest BCUT2D eigenvalue weighted by Crippen LogP contribution is -2.45. The van der Waals surface area contributed by atoms with Crippen LogP contribution in [0.3, 0.4) is 0 Å². The lowest BCUT2D eigenvalue weighted by Gasteiger charge is -2.36. The van der Waals surface area contributed by atoms with Crippen LogP contribution in [0, 0.1) is 5.41 Å². The van der Waals surface area contributed by atoms with Crippen LogP contribution in [0.1, 0.15) is 45.4 Å². The van der Waals surface area contributed by atoms with E-state index >= 15 is 0 Å². The number of carboxylic acid groups (broad SMARTS) is 1. The molecule has 0 aromatic rings. The van der Waals surface area contributed by atoms with Crippen LogP contribution in [-0.2, 0) is 9.53 Å². The molecule has 1 saturated carbocycles. The number of carbonyl (C=O) groups excluding carboxylic acids is 1. The summed E-state index contributed by atoms with van der Waals surface area (Å²) in [5.74, 6) is -0.790. The van der Waals surface area contributed by atoms with Gasteiger partial charge >= 0.3 is 12.0 Å². The fraction of sp³-hybridized carbons (Fsp3) is 0.857. The number of nitrogens with one attached hydrogen (secondary N) is 2. The third-order valence-electron chi connectivity index (χ3n) is 4.02. The molecule has 6 nitrogen and oxygen atoms in total. The zero-order valence-electron chi connectivity index (χ0n) is 12.4. The average molecular weight is 286 g/mol. The van der Waals surface area contributed by atoms with Crippen LogP contribution < -0.4 is 10.6 Å². The molecular formula is C14H26N2O4. The van der Waals surface area contributed by atoms with Crippen LogP contribution >= 0.6 is 0 Å². The summed E-state index contributed by atoms with van der Waals surface area (Å²) in [5.41, 5.74) is -0.283. The van der Waals surface area contributed by atoms with Gasteiger partial charge in [-0.05, 0) is 25.2 Å². The molecule has 3 N–H and O–H groups in total. The van der Waals surface area contributed by atoms with Gasteiger partial charge in [0.15, 0.2) is 0 Å². The van der Waals surface area contributed by atoms with Crippen molar-refractivity contribution in [1.29, 1.82) is 0 Å². The van der Waals surface area contributed by atoms with E-state index in [1.165, 1.54) is 0 Å². The smallest absolute Gasteiger partial charge is 0.314 e. The Morgan fingerprint density at radius 1 is 1.25 bits per heavy atom. The molecule has 0 bridgehead atoms. The second kappa shape index (κ2) is 8.09. The Labute approximate surface area is 120 Å².